The Labute approximate surface area is 113 Å². The summed E-state index contributed by atoms with van der Waals surface area (Å²) >= 11 is 0. The zero-order chi connectivity index (χ0) is 17.9. The fraction of sp³-hybridized carbons (Fsp3) is 1.00. The third-order valence-electron chi connectivity index (χ3n) is 1.57. The molecule has 0 aromatic rings. The number of hydrogen-bond acceptors (Lipinski definition) is 3. The highest BCUT2D eigenvalue weighted by Crippen LogP contribution is 2.51. The van der Waals surface area contributed by atoms with Crippen LogP contribution in [0.5, 0.6) is 0 Å². The lowest BCUT2D eigenvalue weighted by molar-refractivity contribution is -0.309. The quantitative estimate of drug-likeness (QED) is 0.598. The third kappa shape index (κ3) is 5.50. The molecule has 2 N–H and O–H groups in total. The van der Waals surface area contributed by atoms with E-state index in [0.717, 1.165) is 0 Å². The van der Waals surface area contributed by atoms with Crippen molar-refractivity contribution in [3.63, 3.8) is 0 Å². The summed E-state index contributed by atoms with van der Waals surface area (Å²) in [5, 5.41) is -4.02. The Morgan fingerprint density at radius 1 is 0.905 bits per heavy atom. The van der Waals surface area contributed by atoms with Gasteiger partial charge in [0.05, 0.1) is 0 Å². The van der Waals surface area contributed by atoms with Crippen molar-refractivity contribution in [2.75, 3.05) is 14.1 Å². The van der Waals surface area contributed by atoms with Crippen molar-refractivity contribution in [3.8, 4) is 0 Å². The highest BCUT2D eigenvalue weighted by molar-refractivity contribution is 7.87. The molecule has 0 fully saturated rings. The van der Waals surface area contributed by atoms with Gasteiger partial charge in [0.1, 0.15) is 6.42 Å². The molecule has 0 atom stereocenters. The van der Waals surface area contributed by atoms with Crippen LogP contribution in [0.15, 0.2) is 0 Å². The van der Waals surface area contributed by atoms with E-state index in [-0.39, 0.29) is 0 Å². The summed E-state index contributed by atoms with van der Waals surface area (Å²) in [5.74, 6) is -13.4. The lowest BCUT2D eigenvalue weighted by atomic mass is 10.1. The van der Waals surface area contributed by atoms with Gasteiger partial charge in [0.15, 0.2) is 0 Å². The van der Waals surface area contributed by atoms with Gasteiger partial charge >= 0.3 is 33.4 Å². The monoisotopic (exact) mass is 359 g/mol. The molecule has 0 heterocycles. The molecule has 0 aromatic carbocycles. The zero-order valence-electron chi connectivity index (χ0n) is 10.3. The van der Waals surface area contributed by atoms with Crippen molar-refractivity contribution in [1.29, 1.82) is 0 Å². The molecule has 0 aliphatic rings. The van der Waals surface area contributed by atoms with Crippen molar-refractivity contribution in [2.24, 2.45) is 0 Å². The van der Waals surface area contributed by atoms with Crippen LogP contribution in [0.2, 0.25) is 0 Å². The second kappa shape index (κ2) is 6.56. The van der Waals surface area contributed by atoms with E-state index in [0.29, 0.717) is 0 Å². The summed E-state index contributed by atoms with van der Waals surface area (Å²) in [6, 6.07) is 0. The lowest BCUT2D eigenvalue weighted by Crippen LogP contribution is -2.58. The van der Waals surface area contributed by atoms with E-state index in [1.807, 2.05) is 14.1 Å². The molecule has 0 aliphatic carbocycles. The molecular weight excluding hydrogens is 349 g/mol. The van der Waals surface area contributed by atoms with Crippen LogP contribution in [0.25, 0.3) is 0 Å². The van der Waals surface area contributed by atoms with Crippen LogP contribution in [-0.2, 0) is 10.1 Å². The predicted octanol–water partition coefficient (Wildman–Crippen LogP) is 2.53. The maximum absolute atomic E-state index is 12.5. The van der Waals surface area contributed by atoms with Crippen LogP contribution in [0.1, 0.15) is 6.42 Å². The first kappa shape index (κ1) is 22.5. The number of hydrogen-bond donors (Lipinski definition) is 2. The molecule has 0 spiro atoms. The van der Waals surface area contributed by atoms with Gasteiger partial charge in [0.25, 0.3) is 0 Å². The third-order valence-corrected chi connectivity index (χ3v) is 2.48. The van der Waals surface area contributed by atoms with Gasteiger partial charge in [-0.05, 0) is 14.1 Å². The number of rotatable bonds is 4. The van der Waals surface area contributed by atoms with Crippen LogP contribution in [0.3, 0.4) is 0 Å². The maximum atomic E-state index is 12.5. The molecule has 130 valence electrons. The fourth-order valence-corrected chi connectivity index (χ4v) is 1.21. The lowest BCUT2D eigenvalue weighted by Gasteiger charge is -2.31. The largest absolute Gasteiger partial charge is 0.437 e. The fourth-order valence-electron chi connectivity index (χ4n) is 0.738. The van der Waals surface area contributed by atoms with E-state index in [2.05, 4.69) is 5.32 Å². The molecular formula is C7H10F9NO3S. The summed E-state index contributed by atoms with van der Waals surface area (Å²) in [5.41, 5.74) is 0. The topological polar surface area (TPSA) is 66.4 Å². The van der Waals surface area contributed by atoms with Gasteiger partial charge in [0.2, 0.25) is 0 Å². The highest BCUT2D eigenvalue weighted by atomic mass is 32.2. The Morgan fingerprint density at radius 3 is 1.38 bits per heavy atom. The second-order valence-corrected chi connectivity index (χ2v) is 5.03. The molecule has 21 heavy (non-hydrogen) atoms. The first-order valence-electron chi connectivity index (χ1n) is 4.63. The Morgan fingerprint density at radius 2 is 1.19 bits per heavy atom. The summed E-state index contributed by atoms with van der Waals surface area (Å²) in [7, 11) is -3.28. The minimum absolute atomic E-state index is 1.88. The van der Waals surface area contributed by atoms with E-state index >= 15 is 0 Å². The average Bonchev–Trinajstić information content (AvgIpc) is 2.12. The SMILES string of the molecule is CNC.O=S(=O)(O)C(F)(F)C(F)(F)C(F)(F)CC(F)(F)F. The van der Waals surface area contributed by atoms with E-state index in [1.54, 1.807) is 0 Å². The first-order chi connectivity index (χ1) is 8.87. The van der Waals surface area contributed by atoms with Crippen LogP contribution in [0, 0.1) is 0 Å². The average molecular weight is 359 g/mol. The summed E-state index contributed by atoms with van der Waals surface area (Å²) in [6.45, 7) is 0. The standard InChI is InChI=1S/C5H3F9O3S.C2H7N/c6-2(7,1-3(8,9)10)4(11,12)5(13,14)18(15,16)17;1-3-2/h1H2,(H,15,16,17);3H,1-2H3. The molecule has 0 saturated heterocycles. The van der Waals surface area contributed by atoms with Gasteiger partial charge in [-0.3, -0.25) is 4.55 Å². The van der Waals surface area contributed by atoms with E-state index < -0.39 is 39.8 Å². The molecule has 0 aliphatic heterocycles. The molecule has 14 heteroatoms. The van der Waals surface area contributed by atoms with Crippen molar-refractivity contribution >= 4 is 10.1 Å². The van der Waals surface area contributed by atoms with Gasteiger partial charge < -0.3 is 5.32 Å². The minimum Gasteiger partial charge on any atom is -0.323 e. The smallest absolute Gasteiger partial charge is 0.323 e. The van der Waals surface area contributed by atoms with Crippen LogP contribution >= 0.6 is 0 Å². The Kier molecular flexibility index (Phi) is 7.03. The van der Waals surface area contributed by atoms with E-state index in [4.69, 9.17) is 4.55 Å². The molecule has 0 rings (SSSR count). The van der Waals surface area contributed by atoms with Gasteiger partial charge in [-0.15, -0.1) is 0 Å². The summed E-state index contributed by atoms with van der Waals surface area (Å²) in [4.78, 5) is 0. The number of nitrogens with one attached hydrogen (secondary N) is 1. The molecule has 4 nitrogen and oxygen atoms in total. The van der Waals surface area contributed by atoms with E-state index in [1.165, 1.54) is 0 Å². The van der Waals surface area contributed by atoms with Gasteiger partial charge in [-0.1, -0.05) is 0 Å². The minimum atomic E-state index is -7.03. The zero-order valence-corrected chi connectivity index (χ0v) is 11.1. The molecule has 0 aromatic heterocycles. The molecule has 0 amide bonds. The van der Waals surface area contributed by atoms with Crippen LogP contribution in [-0.4, -0.2) is 50.3 Å². The summed E-state index contributed by atoms with van der Waals surface area (Å²) < 4.78 is 136. The van der Waals surface area contributed by atoms with Gasteiger partial charge in [-0.25, -0.2) is 0 Å². The normalized spacial score (nSPS) is 14.5. The number of halogens is 9. The molecule has 0 bridgehead atoms. The highest BCUT2D eigenvalue weighted by Gasteiger charge is 2.78. The Hall–Kier alpha value is -0.760. The first-order valence-corrected chi connectivity index (χ1v) is 6.07. The molecule has 0 saturated carbocycles. The molecule has 0 radical (unpaired) electrons. The van der Waals surface area contributed by atoms with Crippen molar-refractivity contribution in [2.45, 2.75) is 29.7 Å². The number of alkyl halides is 9. The Bertz CT molecular complexity index is 431. The van der Waals surface area contributed by atoms with Crippen molar-refractivity contribution < 1.29 is 52.5 Å². The van der Waals surface area contributed by atoms with Gasteiger partial charge in [0, 0.05) is 0 Å². The van der Waals surface area contributed by atoms with Crippen molar-refractivity contribution in [3.05, 3.63) is 0 Å². The van der Waals surface area contributed by atoms with E-state index in [9.17, 15) is 47.9 Å². The Balaban J connectivity index is 0. The van der Waals surface area contributed by atoms with Crippen molar-refractivity contribution in [1.82, 2.24) is 5.32 Å². The molecule has 0 unspecified atom stereocenters. The maximum Gasteiger partial charge on any atom is 0.437 e. The summed E-state index contributed by atoms with van der Waals surface area (Å²) in [6.07, 6.45) is -9.64. The van der Waals surface area contributed by atoms with Crippen LogP contribution in [0.4, 0.5) is 39.5 Å². The predicted molar refractivity (Wildman–Crippen MR) is 52.0 cm³/mol. The second-order valence-electron chi connectivity index (χ2n) is 3.56. The van der Waals surface area contributed by atoms with Gasteiger partial charge in [-0.2, -0.15) is 47.9 Å². The van der Waals surface area contributed by atoms with Crippen LogP contribution < -0.4 is 5.32 Å².